The molecule has 1 saturated heterocycles. The summed E-state index contributed by atoms with van der Waals surface area (Å²) in [5, 5.41) is 12.3. The van der Waals surface area contributed by atoms with Crippen LogP contribution in [0, 0.1) is 0 Å². The molecule has 1 aliphatic rings. The number of hydrogen-bond acceptors (Lipinski definition) is 8. The lowest BCUT2D eigenvalue weighted by molar-refractivity contribution is 0.0398. The van der Waals surface area contributed by atoms with Crippen LogP contribution in [0.2, 0.25) is 5.02 Å². The van der Waals surface area contributed by atoms with Gasteiger partial charge in [0.15, 0.2) is 5.65 Å². The van der Waals surface area contributed by atoms with Crippen LogP contribution in [0.3, 0.4) is 0 Å². The highest BCUT2D eigenvalue weighted by atomic mass is 35.5. The maximum atomic E-state index is 5.97. The number of hydrogen-bond donors (Lipinski definition) is 2. The topological polar surface area (TPSA) is 105 Å². The Morgan fingerprint density at radius 1 is 1.03 bits per heavy atom. The number of morpholine rings is 1. The van der Waals surface area contributed by atoms with Crippen LogP contribution >= 0.6 is 24.0 Å². The molecular formula is C23H26Cl2N8O. The number of H-pyrrole nitrogens is 1. The molecule has 11 heteroatoms. The highest BCUT2D eigenvalue weighted by Gasteiger charge is 2.13. The van der Waals surface area contributed by atoms with E-state index in [4.69, 9.17) is 21.3 Å². The summed E-state index contributed by atoms with van der Waals surface area (Å²) in [5.41, 5.74) is 3.37. The number of ether oxygens (including phenoxy) is 1. The molecule has 0 unspecified atom stereocenters. The normalized spacial score (nSPS) is 14.1. The predicted octanol–water partition coefficient (Wildman–Crippen LogP) is 3.41. The minimum absolute atomic E-state index is 0. The van der Waals surface area contributed by atoms with Gasteiger partial charge in [0, 0.05) is 50.0 Å². The number of benzene rings is 1. The number of aromatic amines is 1. The average molecular weight is 501 g/mol. The first-order valence-corrected chi connectivity index (χ1v) is 11.4. The Balaban J connectivity index is 0.00000274. The molecule has 0 saturated carbocycles. The summed E-state index contributed by atoms with van der Waals surface area (Å²) in [7, 11) is 0. The predicted molar refractivity (Wildman–Crippen MR) is 135 cm³/mol. The van der Waals surface area contributed by atoms with Gasteiger partial charge in [0.05, 0.1) is 30.0 Å². The monoisotopic (exact) mass is 500 g/mol. The van der Waals surface area contributed by atoms with Crippen molar-refractivity contribution in [1.82, 2.24) is 35.0 Å². The number of halogens is 2. The van der Waals surface area contributed by atoms with E-state index >= 15 is 0 Å². The van der Waals surface area contributed by atoms with Gasteiger partial charge in [0.1, 0.15) is 5.82 Å². The van der Waals surface area contributed by atoms with E-state index in [9.17, 15) is 0 Å². The highest BCUT2D eigenvalue weighted by molar-refractivity contribution is 6.30. The second-order valence-corrected chi connectivity index (χ2v) is 8.33. The summed E-state index contributed by atoms with van der Waals surface area (Å²) in [5.74, 6) is 1.34. The van der Waals surface area contributed by atoms with Crippen molar-refractivity contribution in [2.75, 3.05) is 44.7 Å². The van der Waals surface area contributed by atoms with E-state index < -0.39 is 0 Å². The third-order valence-electron chi connectivity index (χ3n) is 5.64. The van der Waals surface area contributed by atoms with Crippen molar-refractivity contribution in [2.24, 2.45) is 0 Å². The van der Waals surface area contributed by atoms with Crippen molar-refractivity contribution in [1.29, 1.82) is 0 Å². The fraction of sp³-hybridized carbons (Fsp3) is 0.348. The van der Waals surface area contributed by atoms with Crippen LogP contribution < -0.4 is 5.32 Å². The first-order valence-electron chi connectivity index (χ1n) is 11.1. The largest absolute Gasteiger partial charge is 0.379 e. The molecule has 0 amide bonds. The van der Waals surface area contributed by atoms with E-state index in [-0.39, 0.29) is 12.4 Å². The van der Waals surface area contributed by atoms with Crippen molar-refractivity contribution in [3.05, 3.63) is 59.1 Å². The first-order chi connectivity index (χ1) is 16.2. The number of nitrogens with one attached hydrogen (secondary N) is 2. The number of nitrogens with zero attached hydrogens (tertiary/aromatic N) is 6. The summed E-state index contributed by atoms with van der Waals surface area (Å²) in [6, 6.07) is 9.72. The van der Waals surface area contributed by atoms with E-state index in [1.807, 2.05) is 30.3 Å². The smallest absolute Gasteiger partial charge is 0.224 e. The summed E-state index contributed by atoms with van der Waals surface area (Å²) in [6.45, 7) is 5.21. The zero-order chi connectivity index (χ0) is 22.5. The van der Waals surface area contributed by atoms with Gasteiger partial charge in [-0.1, -0.05) is 23.7 Å². The Morgan fingerprint density at radius 3 is 2.68 bits per heavy atom. The minimum atomic E-state index is 0. The molecule has 178 valence electrons. The Hall–Kier alpha value is -2.85. The van der Waals surface area contributed by atoms with E-state index in [1.54, 1.807) is 12.4 Å². The number of aromatic nitrogens is 6. The fourth-order valence-corrected chi connectivity index (χ4v) is 3.93. The van der Waals surface area contributed by atoms with Crippen LogP contribution in [0.1, 0.15) is 11.4 Å². The molecule has 4 heterocycles. The molecule has 2 N–H and O–H groups in total. The third kappa shape index (κ3) is 5.98. The first kappa shape index (κ1) is 24.3. The maximum Gasteiger partial charge on any atom is 0.224 e. The van der Waals surface area contributed by atoms with E-state index in [1.165, 1.54) is 5.56 Å². The maximum absolute atomic E-state index is 5.97. The third-order valence-corrected chi connectivity index (χ3v) is 5.89. The lowest BCUT2D eigenvalue weighted by Gasteiger charge is -2.26. The second-order valence-electron chi connectivity index (χ2n) is 7.89. The molecule has 3 aromatic heterocycles. The molecule has 0 radical (unpaired) electrons. The van der Waals surface area contributed by atoms with Crippen LogP contribution in [0.15, 0.2) is 42.7 Å². The van der Waals surface area contributed by atoms with Gasteiger partial charge in [-0.25, -0.2) is 15.0 Å². The van der Waals surface area contributed by atoms with Crippen molar-refractivity contribution >= 4 is 41.0 Å². The number of aryl methyl sites for hydroxylation is 2. The van der Waals surface area contributed by atoms with Crippen LogP contribution in [0.5, 0.6) is 0 Å². The Kier molecular flexibility index (Phi) is 8.23. The zero-order valence-corrected chi connectivity index (χ0v) is 20.1. The van der Waals surface area contributed by atoms with Gasteiger partial charge in [-0.15, -0.1) is 12.4 Å². The Bertz CT molecular complexity index is 1210. The van der Waals surface area contributed by atoms with Gasteiger partial charge in [-0.2, -0.15) is 10.1 Å². The Morgan fingerprint density at radius 2 is 1.85 bits per heavy atom. The Labute approximate surface area is 208 Å². The molecule has 1 aromatic carbocycles. The fourth-order valence-electron chi connectivity index (χ4n) is 3.80. The molecule has 1 aliphatic heterocycles. The zero-order valence-electron chi connectivity index (χ0n) is 18.6. The molecule has 1 fully saturated rings. The molecule has 34 heavy (non-hydrogen) atoms. The average Bonchev–Trinajstić information content (AvgIpc) is 3.28. The number of anilines is 1. The lowest BCUT2D eigenvalue weighted by Crippen LogP contribution is -2.39. The second kappa shape index (κ2) is 11.5. The van der Waals surface area contributed by atoms with E-state index in [0.717, 1.165) is 79.9 Å². The SMILES string of the molecule is Cl.Clc1ccc(CCc2nccc(-c3[nH]nc4nc(NCCN5CCOCC5)ncc34)n2)cc1. The molecule has 9 nitrogen and oxygen atoms in total. The molecule has 0 atom stereocenters. The van der Waals surface area contributed by atoms with Crippen molar-refractivity contribution in [2.45, 2.75) is 12.8 Å². The molecule has 4 aromatic rings. The van der Waals surface area contributed by atoms with Gasteiger partial charge in [0.2, 0.25) is 5.95 Å². The molecule has 0 aliphatic carbocycles. The van der Waals surface area contributed by atoms with Gasteiger partial charge < -0.3 is 10.1 Å². The molecule has 0 spiro atoms. The quantitative estimate of drug-likeness (QED) is 0.379. The van der Waals surface area contributed by atoms with Crippen LogP contribution in [0.4, 0.5) is 5.95 Å². The highest BCUT2D eigenvalue weighted by Crippen LogP contribution is 2.24. The van der Waals surface area contributed by atoms with Crippen LogP contribution in [-0.4, -0.2) is 74.4 Å². The van der Waals surface area contributed by atoms with Gasteiger partial charge in [-0.3, -0.25) is 10.00 Å². The van der Waals surface area contributed by atoms with Crippen LogP contribution in [0.25, 0.3) is 22.4 Å². The van der Waals surface area contributed by atoms with E-state index in [0.29, 0.717) is 11.6 Å². The lowest BCUT2D eigenvalue weighted by atomic mass is 10.1. The molecule has 0 bridgehead atoms. The van der Waals surface area contributed by atoms with Gasteiger partial charge in [0.25, 0.3) is 0 Å². The van der Waals surface area contributed by atoms with Crippen molar-refractivity contribution in [3.8, 4) is 11.4 Å². The number of rotatable bonds is 8. The van der Waals surface area contributed by atoms with Crippen molar-refractivity contribution < 1.29 is 4.74 Å². The minimum Gasteiger partial charge on any atom is -0.379 e. The molecular weight excluding hydrogens is 475 g/mol. The standard InChI is InChI=1S/C23H25ClN8O.ClH/c24-17-4-1-16(2-5-17)3-6-20-25-8-7-19(28-20)21-18-15-27-23(29-22(18)31-30-21)26-9-10-32-11-13-33-14-12-32;/h1-2,4-5,7-8,15H,3,6,9-14H2,(H2,26,27,29,30,31);1H. The summed E-state index contributed by atoms with van der Waals surface area (Å²) in [4.78, 5) is 20.5. The van der Waals surface area contributed by atoms with Gasteiger partial charge >= 0.3 is 0 Å². The molecule has 5 rings (SSSR count). The summed E-state index contributed by atoms with van der Waals surface area (Å²) < 4.78 is 5.38. The summed E-state index contributed by atoms with van der Waals surface area (Å²) >= 11 is 5.97. The van der Waals surface area contributed by atoms with Crippen LogP contribution in [-0.2, 0) is 17.6 Å². The van der Waals surface area contributed by atoms with Crippen molar-refractivity contribution in [3.63, 3.8) is 0 Å². The summed E-state index contributed by atoms with van der Waals surface area (Å²) in [6.07, 6.45) is 5.13. The number of fused-ring (bicyclic) bond motifs is 1. The van der Waals surface area contributed by atoms with E-state index in [2.05, 4.69) is 35.4 Å². The van der Waals surface area contributed by atoms with Gasteiger partial charge in [-0.05, 0) is 30.2 Å².